The van der Waals surface area contributed by atoms with Crippen LogP contribution in [0.25, 0.3) is 0 Å². The summed E-state index contributed by atoms with van der Waals surface area (Å²) in [6.45, 7) is 3.36. The van der Waals surface area contributed by atoms with Crippen molar-refractivity contribution < 1.29 is 9.59 Å². The molecule has 2 fully saturated rings. The normalized spacial score (nSPS) is 20.0. The van der Waals surface area contributed by atoms with Gasteiger partial charge in [0.1, 0.15) is 6.42 Å². The predicted octanol–water partition coefficient (Wildman–Crippen LogP) is -0.939. The van der Waals surface area contributed by atoms with Crippen molar-refractivity contribution in [2.24, 2.45) is 0 Å². The van der Waals surface area contributed by atoms with Crippen LogP contribution in [0.15, 0.2) is 0 Å². The summed E-state index contributed by atoms with van der Waals surface area (Å²) in [6.07, 6.45) is 0.0833. The molecule has 2 rings (SSSR count). The zero-order valence-electron chi connectivity index (χ0n) is 6.25. The molecule has 4 heteroatoms. The fourth-order valence-electron chi connectivity index (χ4n) is 0.952. The summed E-state index contributed by atoms with van der Waals surface area (Å²) in [5.74, 6) is -0.0243. The van der Waals surface area contributed by atoms with Crippen molar-refractivity contribution in [3.05, 3.63) is 0 Å². The van der Waals surface area contributed by atoms with Gasteiger partial charge in [0.2, 0.25) is 11.8 Å². The summed E-state index contributed by atoms with van der Waals surface area (Å²) in [5.41, 5.74) is 0. The minimum absolute atomic E-state index is 0.0121. The molecule has 0 aromatic carbocycles. The molecule has 0 aromatic rings. The molecule has 0 atom stereocenters. The van der Waals surface area contributed by atoms with Crippen LogP contribution in [0.4, 0.5) is 0 Å². The van der Waals surface area contributed by atoms with Crippen molar-refractivity contribution in [2.45, 2.75) is 6.42 Å². The van der Waals surface area contributed by atoms with E-state index in [-0.39, 0.29) is 18.2 Å². The molecule has 2 heterocycles. The maximum Gasteiger partial charge on any atom is 0.232 e. The fraction of sp³-hybridized carbons (Fsp3) is 0.714. The number of nitrogens with zero attached hydrogens (tertiary/aromatic N) is 2. The van der Waals surface area contributed by atoms with Crippen molar-refractivity contribution in [2.75, 3.05) is 26.2 Å². The highest BCUT2D eigenvalue weighted by Crippen LogP contribution is 2.11. The summed E-state index contributed by atoms with van der Waals surface area (Å²) in [7, 11) is 0. The highest BCUT2D eigenvalue weighted by molar-refractivity contribution is 5.98. The average molecular weight is 154 g/mol. The Morgan fingerprint density at radius 3 is 1.55 bits per heavy atom. The van der Waals surface area contributed by atoms with Crippen molar-refractivity contribution in [3.63, 3.8) is 0 Å². The summed E-state index contributed by atoms with van der Waals surface area (Å²) in [5, 5.41) is 0. The Hall–Kier alpha value is -1.06. The maximum absolute atomic E-state index is 11.0. The molecule has 2 aliphatic heterocycles. The predicted molar refractivity (Wildman–Crippen MR) is 37.8 cm³/mol. The molecule has 0 aliphatic carbocycles. The van der Waals surface area contributed by atoms with E-state index >= 15 is 0 Å². The molecule has 2 amide bonds. The lowest BCUT2D eigenvalue weighted by Gasteiger charge is -2.00. The number of carbonyl (C=O) groups excluding carboxylic acids is 2. The van der Waals surface area contributed by atoms with Crippen LogP contribution >= 0.6 is 0 Å². The molecule has 2 aliphatic rings. The van der Waals surface area contributed by atoms with Crippen LogP contribution in [0.2, 0.25) is 0 Å². The molecule has 60 valence electrons. The average Bonchev–Trinajstić information content (AvgIpc) is 2.84. The minimum Gasteiger partial charge on any atom is -0.339 e. The van der Waals surface area contributed by atoms with Gasteiger partial charge >= 0.3 is 0 Å². The first-order valence-corrected chi connectivity index (χ1v) is 3.83. The van der Waals surface area contributed by atoms with Gasteiger partial charge < -0.3 is 9.80 Å². The first-order valence-electron chi connectivity index (χ1n) is 3.83. The smallest absolute Gasteiger partial charge is 0.232 e. The van der Waals surface area contributed by atoms with Gasteiger partial charge in [0.15, 0.2) is 0 Å². The monoisotopic (exact) mass is 154 g/mol. The zero-order chi connectivity index (χ0) is 7.84. The second-order valence-electron chi connectivity index (χ2n) is 2.94. The van der Waals surface area contributed by atoms with Crippen LogP contribution in [0.5, 0.6) is 0 Å². The van der Waals surface area contributed by atoms with E-state index in [1.54, 1.807) is 9.80 Å². The largest absolute Gasteiger partial charge is 0.339 e. The lowest BCUT2D eigenvalue weighted by Crippen LogP contribution is -2.20. The summed E-state index contributed by atoms with van der Waals surface area (Å²) in [6, 6.07) is 0. The Balaban J connectivity index is 1.78. The standard InChI is InChI=1S/C7H10N2O2/c10-6(8-1-2-8)5-7(11)9-3-4-9/h1-5H2. The molecule has 11 heavy (non-hydrogen) atoms. The molecule has 0 radical (unpaired) electrons. The molecule has 0 aromatic heterocycles. The molecular formula is C7H10N2O2. The van der Waals surface area contributed by atoms with Crippen molar-refractivity contribution >= 4 is 11.8 Å². The van der Waals surface area contributed by atoms with Crippen LogP contribution in [-0.2, 0) is 9.59 Å². The number of rotatable bonds is 2. The van der Waals surface area contributed by atoms with E-state index in [4.69, 9.17) is 0 Å². The van der Waals surface area contributed by atoms with E-state index in [2.05, 4.69) is 0 Å². The van der Waals surface area contributed by atoms with Gasteiger partial charge in [-0.25, -0.2) is 0 Å². The van der Waals surface area contributed by atoms with Crippen LogP contribution in [-0.4, -0.2) is 47.8 Å². The van der Waals surface area contributed by atoms with Gasteiger partial charge in [0.05, 0.1) is 0 Å². The van der Waals surface area contributed by atoms with E-state index in [1.165, 1.54) is 0 Å². The second-order valence-corrected chi connectivity index (χ2v) is 2.94. The van der Waals surface area contributed by atoms with Gasteiger partial charge in [-0.15, -0.1) is 0 Å². The first-order chi connectivity index (χ1) is 5.27. The van der Waals surface area contributed by atoms with Crippen LogP contribution in [0, 0.1) is 0 Å². The Morgan fingerprint density at radius 1 is 0.909 bits per heavy atom. The highest BCUT2D eigenvalue weighted by atomic mass is 16.2. The van der Waals surface area contributed by atoms with E-state index in [1.807, 2.05) is 0 Å². The number of hydrogen-bond donors (Lipinski definition) is 0. The Kier molecular flexibility index (Phi) is 1.34. The number of hydrogen-bond acceptors (Lipinski definition) is 2. The van der Waals surface area contributed by atoms with Crippen LogP contribution < -0.4 is 0 Å². The van der Waals surface area contributed by atoms with Crippen LogP contribution in [0.3, 0.4) is 0 Å². The second kappa shape index (κ2) is 2.22. The molecule has 0 N–H and O–H groups in total. The van der Waals surface area contributed by atoms with Gasteiger partial charge in [-0.2, -0.15) is 0 Å². The van der Waals surface area contributed by atoms with Crippen molar-refractivity contribution in [1.82, 2.24) is 9.80 Å². The first kappa shape index (κ1) is 6.64. The zero-order valence-corrected chi connectivity index (χ0v) is 6.25. The fourth-order valence-corrected chi connectivity index (χ4v) is 0.952. The Morgan fingerprint density at radius 2 is 1.27 bits per heavy atom. The third kappa shape index (κ3) is 1.50. The quantitative estimate of drug-likeness (QED) is 0.380. The van der Waals surface area contributed by atoms with Gasteiger partial charge in [0.25, 0.3) is 0 Å². The third-order valence-electron chi connectivity index (χ3n) is 1.90. The lowest BCUT2D eigenvalue weighted by atomic mass is 10.4. The van der Waals surface area contributed by atoms with E-state index in [0.717, 1.165) is 26.2 Å². The van der Waals surface area contributed by atoms with E-state index in [9.17, 15) is 9.59 Å². The lowest BCUT2D eigenvalue weighted by molar-refractivity contribution is -0.134. The minimum atomic E-state index is -0.0121. The molecule has 2 saturated heterocycles. The van der Waals surface area contributed by atoms with Crippen LogP contribution in [0.1, 0.15) is 6.42 Å². The summed E-state index contributed by atoms with van der Waals surface area (Å²) in [4.78, 5) is 25.4. The summed E-state index contributed by atoms with van der Waals surface area (Å²) < 4.78 is 0. The molecule has 0 bridgehead atoms. The number of amides is 2. The molecule has 0 spiro atoms. The van der Waals surface area contributed by atoms with Crippen molar-refractivity contribution in [3.8, 4) is 0 Å². The molecule has 0 saturated carbocycles. The molecular weight excluding hydrogens is 144 g/mol. The van der Waals surface area contributed by atoms with E-state index in [0.29, 0.717) is 0 Å². The molecule has 0 unspecified atom stereocenters. The SMILES string of the molecule is O=C(CC(=O)N1CC1)N1CC1. The Labute approximate surface area is 64.8 Å². The topological polar surface area (TPSA) is 40.2 Å². The Bertz CT molecular complexity index is 184. The van der Waals surface area contributed by atoms with Gasteiger partial charge in [0, 0.05) is 26.2 Å². The number of carbonyl (C=O) groups is 2. The van der Waals surface area contributed by atoms with E-state index < -0.39 is 0 Å². The maximum atomic E-state index is 11.0. The van der Waals surface area contributed by atoms with Crippen molar-refractivity contribution in [1.29, 1.82) is 0 Å². The summed E-state index contributed by atoms with van der Waals surface area (Å²) >= 11 is 0. The third-order valence-corrected chi connectivity index (χ3v) is 1.90. The molecule has 4 nitrogen and oxygen atoms in total. The highest BCUT2D eigenvalue weighted by Gasteiger charge is 2.30. The van der Waals surface area contributed by atoms with Gasteiger partial charge in [-0.05, 0) is 0 Å². The van der Waals surface area contributed by atoms with Gasteiger partial charge in [-0.1, -0.05) is 0 Å². The van der Waals surface area contributed by atoms with Gasteiger partial charge in [-0.3, -0.25) is 9.59 Å².